The molecule has 0 aliphatic carbocycles. The van der Waals surface area contributed by atoms with Gasteiger partial charge in [0.1, 0.15) is 0 Å². The lowest BCUT2D eigenvalue weighted by molar-refractivity contribution is -0.0433. The van der Waals surface area contributed by atoms with Crippen molar-refractivity contribution in [3.05, 3.63) is 21.9 Å². The third kappa shape index (κ3) is 1.48. The lowest BCUT2D eigenvalue weighted by Crippen LogP contribution is -1.96. The maximum Gasteiger partial charge on any atom is 0.196 e. The van der Waals surface area contributed by atoms with Gasteiger partial charge in [0, 0.05) is 5.39 Å². The molecule has 0 radical (unpaired) electrons. The number of thiophene rings is 2. The molecule has 0 atom stereocenters. The minimum absolute atomic E-state index is 0.330. The zero-order valence-electron chi connectivity index (χ0n) is 7.46. The second-order valence-electron chi connectivity index (χ2n) is 3.11. The molecule has 2 nitrogen and oxygen atoms in total. The van der Waals surface area contributed by atoms with Gasteiger partial charge in [-0.3, -0.25) is 0 Å². The van der Waals surface area contributed by atoms with Crippen molar-refractivity contribution in [2.75, 3.05) is 13.2 Å². The molecule has 1 fully saturated rings. The average Bonchev–Trinajstić information content (AvgIpc) is 2.84. The fourth-order valence-corrected chi connectivity index (χ4v) is 3.69. The van der Waals surface area contributed by atoms with Crippen LogP contribution in [0, 0.1) is 10.9 Å². The molecule has 2 aromatic rings. The molecule has 1 aliphatic heterocycles. The lowest BCUT2D eigenvalue weighted by atomic mass is 10.3. The molecule has 0 saturated carbocycles. The van der Waals surface area contributed by atoms with Gasteiger partial charge in [0.05, 0.1) is 22.1 Å². The van der Waals surface area contributed by atoms with E-state index in [4.69, 9.17) is 9.47 Å². The monoisotopic (exact) mass is 248 g/mol. The highest BCUT2D eigenvalue weighted by atomic mass is 32.2. The van der Waals surface area contributed by atoms with Crippen molar-refractivity contribution in [3.8, 4) is 0 Å². The van der Waals surface area contributed by atoms with Crippen molar-refractivity contribution in [2.24, 2.45) is 0 Å². The molecule has 15 heavy (non-hydrogen) atoms. The highest BCUT2D eigenvalue weighted by Crippen LogP contribution is 2.40. The smallest absolute Gasteiger partial charge is 0.196 e. The second-order valence-corrected chi connectivity index (χ2v) is 5.42. The summed E-state index contributed by atoms with van der Waals surface area (Å²) in [5.41, 5.74) is 0. The van der Waals surface area contributed by atoms with Crippen LogP contribution in [0.25, 0.3) is 9.40 Å². The molecule has 2 aromatic heterocycles. The zero-order valence-corrected chi connectivity index (χ0v) is 9.09. The van der Waals surface area contributed by atoms with Gasteiger partial charge >= 0.3 is 0 Å². The Morgan fingerprint density at radius 2 is 1.93 bits per heavy atom. The van der Waals surface area contributed by atoms with Gasteiger partial charge in [0.15, 0.2) is 17.2 Å². The Kier molecular flexibility index (Phi) is 2.24. The number of halogens is 2. The summed E-state index contributed by atoms with van der Waals surface area (Å²) in [6, 6.07) is 1.21. The summed E-state index contributed by atoms with van der Waals surface area (Å²) in [4.78, 5) is 0.411. The van der Waals surface area contributed by atoms with Crippen LogP contribution in [-0.2, 0) is 9.47 Å². The van der Waals surface area contributed by atoms with Crippen LogP contribution in [0.4, 0.5) is 8.78 Å². The van der Waals surface area contributed by atoms with E-state index in [9.17, 15) is 8.78 Å². The molecule has 1 saturated heterocycles. The van der Waals surface area contributed by atoms with E-state index in [1.54, 1.807) is 0 Å². The van der Waals surface area contributed by atoms with Gasteiger partial charge in [-0.1, -0.05) is 11.3 Å². The van der Waals surface area contributed by atoms with Crippen molar-refractivity contribution in [3.63, 3.8) is 0 Å². The Hall–Kier alpha value is -0.560. The third-order valence-corrected chi connectivity index (χ3v) is 4.37. The minimum Gasteiger partial charge on any atom is -0.345 e. The zero-order chi connectivity index (χ0) is 10.4. The SMILES string of the molecule is Fc1cc2c(F)c(C3OCCO3)sc2s1. The molecule has 3 heterocycles. The molecule has 0 unspecified atom stereocenters. The van der Waals surface area contributed by atoms with Crippen molar-refractivity contribution >= 4 is 32.1 Å². The topological polar surface area (TPSA) is 18.5 Å². The lowest BCUT2D eigenvalue weighted by Gasteiger charge is -2.05. The van der Waals surface area contributed by atoms with Crippen molar-refractivity contribution in [1.29, 1.82) is 0 Å². The van der Waals surface area contributed by atoms with Crippen molar-refractivity contribution in [2.45, 2.75) is 6.29 Å². The van der Waals surface area contributed by atoms with E-state index in [-0.39, 0.29) is 5.13 Å². The number of ether oxygens (including phenoxy) is 2. The summed E-state index contributed by atoms with van der Waals surface area (Å²) < 4.78 is 37.7. The fourth-order valence-electron chi connectivity index (χ4n) is 1.51. The molecule has 0 aromatic carbocycles. The minimum atomic E-state index is -0.613. The summed E-state index contributed by atoms with van der Waals surface area (Å²) in [6.07, 6.45) is -0.613. The van der Waals surface area contributed by atoms with E-state index in [1.165, 1.54) is 17.4 Å². The van der Waals surface area contributed by atoms with Gasteiger partial charge < -0.3 is 9.47 Å². The van der Waals surface area contributed by atoms with E-state index in [0.717, 1.165) is 11.3 Å². The van der Waals surface area contributed by atoms with Crippen LogP contribution in [0.3, 0.4) is 0 Å². The highest BCUT2D eigenvalue weighted by molar-refractivity contribution is 7.37. The van der Waals surface area contributed by atoms with E-state index in [2.05, 4.69) is 0 Å². The quantitative estimate of drug-likeness (QED) is 0.771. The molecule has 6 heteroatoms. The summed E-state index contributed by atoms with van der Waals surface area (Å²) in [5, 5.41) is -0.0356. The predicted octanol–water partition coefficient (Wildman–Crippen LogP) is 3.29. The first-order chi connectivity index (χ1) is 7.25. The molecular formula is C9H6F2O2S2. The number of hydrogen-bond acceptors (Lipinski definition) is 4. The number of hydrogen-bond donors (Lipinski definition) is 0. The van der Waals surface area contributed by atoms with Gasteiger partial charge in [0.25, 0.3) is 0 Å². The van der Waals surface area contributed by atoms with E-state index in [1.807, 2.05) is 0 Å². The summed E-state index contributed by atoms with van der Waals surface area (Å²) in [5.74, 6) is -0.415. The maximum absolute atomic E-state index is 13.8. The van der Waals surface area contributed by atoms with Crippen LogP contribution >= 0.6 is 22.7 Å². The molecule has 0 N–H and O–H groups in total. The first-order valence-corrected chi connectivity index (χ1v) is 5.99. The Morgan fingerprint density at radius 1 is 1.20 bits per heavy atom. The Morgan fingerprint density at radius 3 is 2.60 bits per heavy atom. The average molecular weight is 248 g/mol. The Labute approximate surface area is 92.0 Å². The van der Waals surface area contributed by atoms with Crippen LogP contribution in [-0.4, -0.2) is 13.2 Å². The Bertz CT molecular complexity index is 499. The largest absolute Gasteiger partial charge is 0.345 e. The van der Waals surface area contributed by atoms with Gasteiger partial charge in [-0.15, -0.1) is 11.3 Å². The molecule has 1 aliphatic rings. The van der Waals surface area contributed by atoms with E-state index >= 15 is 0 Å². The maximum atomic E-state index is 13.8. The molecular weight excluding hydrogens is 242 g/mol. The van der Waals surface area contributed by atoms with Crippen molar-refractivity contribution in [1.82, 2.24) is 0 Å². The normalized spacial score (nSPS) is 18.0. The van der Waals surface area contributed by atoms with Crippen LogP contribution in [0.1, 0.15) is 11.2 Å². The third-order valence-electron chi connectivity index (χ3n) is 2.16. The van der Waals surface area contributed by atoms with Crippen LogP contribution in [0.2, 0.25) is 0 Å². The highest BCUT2D eigenvalue weighted by Gasteiger charge is 2.26. The number of fused-ring (bicyclic) bond motifs is 1. The molecule has 0 spiro atoms. The van der Waals surface area contributed by atoms with Gasteiger partial charge in [-0.25, -0.2) is 4.39 Å². The van der Waals surface area contributed by atoms with E-state index < -0.39 is 12.1 Å². The van der Waals surface area contributed by atoms with Crippen molar-refractivity contribution < 1.29 is 18.3 Å². The molecule has 80 valence electrons. The summed E-state index contributed by atoms with van der Waals surface area (Å²) >= 11 is 2.14. The standard InChI is InChI=1S/C9H6F2O2S2/c10-5-3-4-6(11)7(15-9(4)14-5)8-12-1-2-13-8/h3,8H,1-2H2. The Balaban J connectivity index is 2.11. The van der Waals surface area contributed by atoms with E-state index in [0.29, 0.717) is 27.5 Å². The summed E-state index contributed by atoms with van der Waals surface area (Å²) in [7, 11) is 0. The van der Waals surface area contributed by atoms with Crippen LogP contribution < -0.4 is 0 Å². The first-order valence-electron chi connectivity index (χ1n) is 4.36. The van der Waals surface area contributed by atoms with Gasteiger partial charge in [-0.05, 0) is 6.07 Å². The van der Waals surface area contributed by atoms with Crippen LogP contribution in [0.5, 0.6) is 0 Å². The van der Waals surface area contributed by atoms with Crippen LogP contribution in [0.15, 0.2) is 6.07 Å². The molecule has 0 amide bonds. The first kappa shape index (κ1) is 9.65. The summed E-state index contributed by atoms with van der Waals surface area (Å²) in [6.45, 7) is 0.952. The molecule has 0 bridgehead atoms. The van der Waals surface area contributed by atoms with Gasteiger partial charge in [0.2, 0.25) is 0 Å². The second kappa shape index (κ2) is 3.48. The van der Waals surface area contributed by atoms with Gasteiger partial charge in [-0.2, -0.15) is 4.39 Å². The number of rotatable bonds is 1. The predicted molar refractivity (Wildman–Crippen MR) is 54.3 cm³/mol. The molecule has 3 rings (SSSR count). The fraction of sp³-hybridized carbons (Fsp3) is 0.333.